The summed E-state index contributed by atoms with van der Waals surface area (Å²) in [5.74, 6) is -2.15. The molecule has 2 fully saturated rings. The van der Waals surface area contributed by atoms with Gasteiger partial charge in [-0.15, -0.1) is 0 Å². The summed E-state index contributed by atoms with van der Waals surface area (Å²) in [6.07, 6.45) is 0.788. The first-order chi connectivity index (χ1) is 10.5. The maximum absolute atomic E-state index is 12.6. The van der Waals surface area contributed by atoms with Gasteiger partial charge in [0, 0.05) is 0 Å². The Morgan fingerprint density at radius 1 is 1.27 bits per heavy atom. The van der Waals surface area contributed by atoms with Gasteiger partial charge in [0.05, 0.1) is 36.8 Å². The fraction of sp³-hybridized carbons (Fsp3) is 0.500. The lowest BCUT2D eigenvalue weighted by molar-refractivity contribution is -0.147. The summed E-state index contributed by atoms with van der Waals surface area (Å²) in [5, 5.41) is 12.2. The maximum Gasteiger partial charge on any atom is 0.310 e. The van der Waals surface area contributed by atoms with E-state index in [2.05, 4.69) is 5.32 Å². The van der Waals surface area contributed by atoms with Gasteiger partial charge in [-0.2, -0.15) is 0 Å². The van der Waals surface area contributed by atoms with Crippen molar-refractivity contribution in [1.82, 2.24) is 0 Å². The first-order valence-electron chi connectivity index (χ1n) is 7.35. The molecule has 0 aliphatic carbocycles. The molecule has 2 aliphatic rings. The van der Waals surface area contributed by atoms with E-state index in [1.807, 2.05) is 13.0 Å². The number of anilines is 1. The lowest BCUT2D eigenvalue weighted by Crippen LogP contribution is -2.41. The van der Waals surface area contributed by atoms with E-state index in [0.717, 1.165) is 12.0 Å². The predicted octanol–water partition coefficient (Wildman–Crippen LogP) is 1.82. The Morgan fingerprint density at radius 2 is 1.95 bits per heavy atom. The highest BCUT2D eigenvalue weighted by molar-refractivity contribution is 5.97. The number of nitrogens with one attached hydrogen (secondary N) is 1. The highest BCUT2D eigenvalue weighted by Crippen LogP contribution is 2.44. The van der Waals surface area contributed by atoms with Crippen LogP contribution in [0.25, 0.3) is 0 Å². The summed E-state index contributed by atoms with van der Waals surface area (Å²) in [4.78, 5) is 24.0. The summed E-state index contributed by atoms with van der Waals surface area (Å²) < 4.78 is 10.9. The summed E-state index contributed by atoms with van der Waals surface area (Å²) in [6.45, 7) is 1.91. The molecule has 1 aromatic rings. The zero-order valence-corrected chi connectivity index (χ0v) is 12.5. The number of rotatable bonds is 4. The topological polar surface area (TPSA) is 84.9 Å². The molecule has 2 bridgehead atoms. The lowest BCUT2D eigenvalue weighted by atomic mass is 9.78. The van der Waals surface area contributed by atoms with Crippen molar-refractivity contribution >= 4 is 17.6 Å². The second-order valence-corrected chi connectivity index (χ2v) is 5.87. The van der Waals surface area contributed by atoms with Crippen LogP contribution >= 0.6 is 0 Å². The minimum atomic E-state index is -0.969. The fourth-order valence-corrected chi connectivity index (χ4v) is 3.46. The zero-order chi connectivity index (χ0) is 15.9. The number of carbonyl (C=O) groups is 2. The lowest BCUT2D eigenvalue weighted by Gasteiger charge is -2.24. The number of carboxylic acid groups (broad SMARTS) is 1. The van der Waals surface area contributed by atoms with Crippen LogP contribution in [0.3, 0.4) is 0 Å². The van der Waals surface area contributed by atoms with E-state index < -0.39 is 17.8 Å². The Morgan fingerprint density at radius 3 is 2.59 bits per heavy atom. The minimum absolute atomic E-state index is 0.304. The Hall–Kier alpha value is -2.08. The number of amides is 1. The molecule has 0 unspecified atom stereocenters. The van der Waals surface area contributed by atoms with Crippen LogP contribution < -0.4 is 10.1 Å². The van der Waals surface area contributed by atoms with Crippen LogP contribution in [0.15, 0.2) is 18.2 Å². The van der Waals surface area contributed by atoms with Gasteiger partial charge in [-0.1, -0.05) is 6.07 Å². The zero-order valence-electron chi connectivity index (χ0n) is 12.5. The summed E-state index contributed by atoms with van der Waals surface area (Å²) in [5.41, 5.74) is 1.54. The molecule has 1 aromatic carbocycles. The smallest absolute Gasteiger partial charge is 0.310 e. The van der Waals surface area contributed by atoms with E-state index in [4.69, 9.17) is 9.47 Å². The van der Waals surface area contributed by atoms with E-state index in [1.54, 1.807) is 12.1 Å². The third-order valence-corrected chi connectivity index (χ3v) is 4.47. The summed E-state index contributed by atoms with van der Waals surface area (Å²) in [6, 6.07) is 5.46. The van der Waals surface area contributed by atoms with Gasteiger partial charge in [0.2, 0.25) is 5.91 Å². The molecular formula is C16H19NO5. The van der Waals surface area contributed by atoms with Crippen LogP contribution in [0, 0.1) is 18.8 Å². The molecular weight excluding hydrogens is 286 g/mol. The number of carbonyl (C=O) groups excluding carboxylic acids is 1. The van der Waals surface area contributed by atoms with Crippen molar-refractivity contribution < 1.29 is 24.2 Å². The normalized spacial score (nSPS) is 29.4. The highest BCUT2D eigenvalue weighted by Gasteiger charge is 2.55. The van der Waals surface area contributed by atoms with E-state index in [-0.39, 0.29) is 18.1 Å². The van der Waals surface area contributed by atoms with Gasteiger partial charge in [0.1, 0.15) is 5.75 Å². The molecule has 1 amide bonds. The average molecular weight is 305 g/mol. The van der Waals surface area contributed by atoms with Crippen molar-refractivity contribution in [1.29, 1.82) is 0 Å². The number of fused-ring (bicyclic) bond motifs is 2. The molecule has 0 spiro atoms. The molecule has 6 heteroatoms. The van der Waals surface area contributed by atoms with Gasteiger partial charge in [-0.3, -0.25) is 9.59 Å². The first-order valence-corrected chi connectivity index (χ1v) is 7.35. The molecule has 4 atom stereocenters. The molecule has 2 N–H and O–H groups in total. The van der Waals surface area contributed by atoms with Crippen LogP contribution in [0.2, 0.25) is 0 Å². The molecule has 22 heavy (non-hydrogen) atoms. The van der Waals surface area contributed by atoms with Crippen LogP contribution in [0.5, 0.6) is 5.75 Å². The third kappa shape index (κ3) is 2.43. The number of hydrogen-bond donors (Lipinski definition) is 2. The summed E-state index contributed by atoms with van der Waals surface area (Å²) >= 11 is 0. The Labute approximate surface area is 128 Å². The van der Waals surface area contributed by atoms with Crippen molar-refractivity contribution in [3.8, 4) is 5.75 Å². The molecule has 0 radical (unpaired) electrons. The quantitative estimate of drug-likeness (QED) is 0.886. The molecule has 3 rings (SSSR count). The molecule has 0 saturated carbocycles. The monoisotopic (exact) mass is 305 g/mol. The predicted molar refractivity (Wildman–Crippen MR) is 78.9 cm³/mol. The van der Waals surface area contributed by atoms with Crippen LogP contribution in [-0.4, -0.2) is 36.3 Å². The minimum Gasteiger partial charge on any atom is -0.495 e. The van der Waals surface area contributed by atoms with Crippen molar-refractivity contribution in [2.24, 2.45) is 11.8 Å². The number of hydrogen-bond acceptors (Lipinski definition) is 4. The molecule has 0 aromatic heterocycles. The Balaban J connectivity index is 1.82. The number of aryl methyl sites for hydroxylation is 1. The molecule has 2 saturated heterocycles. The van der Waals surface area contributed by atoms with Crippen molar-refractivity contribution in [3.63, 3.8) is 0 Å². The van der Waals surface area contributed by atoms with Gasteiger partial charge < -0.3 is 19.9 Å². The van der Waals surface area contributed by atoms with E-state index in [1.165, 1.54) is 7.11 Å². The van der Waals surface area contributed by atoms with Gasteiger partial charge in [0.25, 0.3) is 0 Å². The fourth-order valence-electron chi connectivity index (χ4n) is 3.46. The van der Waals surface area contributed by atoms with Crippen LogP contribution in [-0.2, 0) is 14.3 Å². The van der Waals surface area contributed by atoms with Crippen molar-refractivity contribution in [2.75, 3.05) is 12.4 Å². The maximum atomic E-state index is 12.6. The SMILES string of the molecule is COc1ccc(C)cc1NC(=O)[C@H]1[C@@H](C(=O)O)[C@@H]2CC[C@H]1O2. The highest BCUT2D eigenvalue weighted by atomic mass is 16.5. The Bertz CT molecular complexity index is 615. The van der Waals surface area contributed by atoms with Crippen molar-refractivity contribution in [3.05, 3.63) is 23.8 Å². The average Bonchev–Trinajstić information content (AvgIpc) is 3.08. The standard InChI is InChI=1S/C16H19NO5/c1-8-3-4-10(21-2)9(7-8)17-15(18)13-11-5-6-12(22-11)14(13)16(19)20/h3-4,7,11-14H,5-6H2,1-2H3,(H,17,18)(H,19,20)/t11-,12+,13-,14+/m1/s1. The molecule has 118 valence electrons. The van der Waals surface area contributed by atoms with E-state index in [0.29, 0.717) is 17.9 Å². The van der Waals surface area contributed by atoms with E-state index >= 15 is 0 Å². The first kappa shape index (κ1) is 14.8. The van der Waals surface area contributed by atoms with Crippen LogP contribution in [0.1, 0.15) is 18.4 Å². The largest absolute Gasteiger partial charge is 0.495 e. The second kappa shape index (κ2) is 5.61. The number of benzene rings is 1. The number of aliphatic carboxylic acids is 1. The Kier molecular flexibility index (Phi) is 3.78. The van der Waals surface area contributed by atoms with Crippen molar-refractivity contribution in [2.45, 2.75) is 32.0 Å². The molecule has 6 nitrogen and oxygen atoms in total. The van der Waals surface area contributed by atoms with Gasteiger partial charge in [0.15, 0.2) is 0 Å². The second-order valence-electron chi connectivity index (χ2n) is 5.87. The van der Waals surface area contributed by atoms with Gasteiger partial charge in [-0.05, 0) is 37.5 Å². The third-order valence-electron chi connectivity index (χ3n) is 4.47. The summed E-state index contributed by atoms with van der Waals surface area (Å²) in [7, 11) is 1.53. The molecule has 2 aliphatic heterocycles. The molecule has 2 heterocycles. The number of carboxylic acids is 1. The van der Waals surface area contributed by atoms with Gasteiger partial charge >= 0.3 is 5.97 Å². The van der Waals surface area contributed by atoms with Gasteiger partial charge in [-0.25, -0.2) is 0 Å². The number of methoxy groups -OCH3 is 1. The number of ether oxygens (including phenoxy) is 2. The van der Waals surface area contributed by atoms with Crippen LogP contribution in [0.4, 0.5) is 5.69 Å². The van der Waals surface area contributed by atoms with E-state index in [9.17, 15) is 14.7 Å².